The van der Waals surface area contributed by atoms with Crippen LogP contribution in [0.4, 0.5) is 0 Å². The number of aliphatic carboxylic acids is 1. The highest BCUT2D eigenvalue weighted by Gasteiger charge is 2.53. The molecule has 2 amide bonds. The molecule has 2 aromatic heterocycles. The van der Waals surface area contributed by atoms with Gasteiger partial charge in [0.15, 0.2) is 18.9 Å². The number of carbonyl (C=O) groups excluding carboxylic acids is 3. The van der Waals surface area contributed by atoms with Gasteiger partial charge in [-0.05, 0) is 11.4 Å². The fourth-order valence-electron chi connectivity index (χ4n) is 3.65. The Hall–Kier alpha value is -2.62. The number of aromatic nitrogens is 1. The molecule has 40 heavy (non-hydrogen) atoms. The monoisotopic (exact) mass is 616 g/mol. The minimum Gasteiger partial charge on any atom is -0.756 e. The van der Waals surface area contributed by atoms with Gasteiger partial charge in [0.25, 0.3) is 13.7 Å². The molecule has 2 atom stereocenters. The Kier molecular flexibility index (Phi) is 12.5. The summed E-state index contributed by atoms with van der Waals surface area (Å²) in [5.41, 5.74) is 0.544. The highest BCUT2D eigenvalue weighted by atomic mass is 32.2. The number of carbonyl (C=O) groups is 3. The topological polar surface area (TPSA) is 194 Å². The minimum atomic E-state index is -4.89. The van der Waals surface area contributed by atoms with Crippen LogP contribution < -0.4 is 19.9 Å². The summed E-state index contributed by atoms with van der Waals surface area (Å²) in [7, 11) is 1.27. The zero-order valence-electron chi connectivity index (χ0n) is 22.2. The largest absolute Gasteiger partial charge is 0.756 e. The first-order chi connectivity index (χ1) is 18.6. The smallest absolute Gasteiger partial charge is 0.262 e. The molecule has 1 fully saturated rings. The van der Waals surface area contributed by atoms with Crippen LogP contribution in [0, 0.1) is 0 Å². The maximum Gasteiger partial charge on any atom is 0.262 e. The third-order valence-corrected chi connectivity index (χ3v) is 7.61. The number of fused-ring (bicyclic) bond motifs is 1. The van der Waals surface area contributed by atoms with Gasteiger partial charge in [-0.2, -0.15) is 0 Å². The zero-order chi connectivity index (χ0) is 30.1. The van der Waals surface area contributed by atoms with E-state index >= 15 is 0 Å². The molecule has 2 aliphatic heterocycles. The van der Waals surface area contributed by atoms with Crippen molar-refractivity contribution in [2.75, 3.05) is 40.0 Å². The van der Waals surface area contributed by atoms with Crippen molar-refractivity contribution in [3.05, 3.63) is 64.3 Å². The van der Waals surface area contributed by atoms with E-state index in [4.69, 9.17) is 24.4 Å². The zero-order valence-corrected chi connectivity index (χ0v) is 24.7. The van der Waals surface area contributed by atoms with Gasteiger partial charge in [-0.25, -0.2) is 4.57 Å². The second-order valence-electron chi connectivity index (χ2n) is 9.73. The fraction of sp³-hybridized carbons (Fsp3) is 0.417. The average molecular weight is 617 g/mol. The molecule has 0 saturated carbocycles. The molecule has 4 heterocycles. The van der Waals surface area contributed by atoms with E-state index in [2.05, 4.69) is 26.5 Å². The molecule has 0 radical (unpaired) electrons. The summed E-state index contributed by atoms with van der Waals surface area (Å²) >= 11 is 2.93. The van der Waals surface area contributed by atoms with Crippen molar-refractivity contribution in [2.24, 2.45) is 0 Å². The van der Waals surface area contributed by atoms with E-state index in [1.54, 1.807) is 0 Å². The summed E-state index contributed by atoms with van der Waals surface area (Å²) in [6, 6.07) is 8.59. The number of phosphoric acid groups is 1. The summed E-state index contributed by atoms with van der Waals surface area (Å²) in [4.78, 5) is 61.7. The molecule has 220 valence electrons. The lowest BCUT2D eigenvalue weighted by molar-refractivity contribution is -0.870. The van der Waals surface area contributed by atoms with Crippen LogP contribution in [0.1, 0.15) is 4.88 Å². The molecule has 4 N–H and O–H groups in total. The molecule has 0 bridgehead atoms. The number of thioether (sulfide) groups is 1. The molecular formula is C24H33N4O9PS2. The maximum absolute atomic E-state index is 12.6. The second-order valence-corrected chi connectivity index (χ2v) is 12.8. The molecule has 0 unspecified atom stereocenters. The number of hydrogen-bond donors (Lipinski definition) is 4. The number of likely N-dealkylation sites (N-methyl/N-ethyl adjacent to an activating group) is 1. The van der Waals surface area contributed by atoms with Gasteiger partial charge in [0, 0.05) is 28.3 Å². The Morgan fingerprint density at radius 3 is 2.30 bits per heavy atom. The Labute approximate surface area is 240 Å². The number of rotatable bonds is 8. The molecule has 2 aromatic rings. The van der Waals surface area contributed by atoms with Crippen molar-refractivity contribution in [1.82, 2.24) is 10.2 Å². The van der Waals surface area contributed by atoms with Crippen molar-refractivity contribution < 1.29 is 52.9 Å². The average Bonchev–Trinajstić information content (AvgIpc) is 3.34. The quantitative estimate of drug-likeness (QED) is 0.110. The summed E-state index contributed by atoms with van der Waals surface area (Å²) in [6.07, 6.45) is 3.88. The SMILES string of the molecule is C[N+](C)(C)CCO.O=C(Cc1cccs1)N[C@@H]1C(=O)N2C(C(=O)[O-])=C(C[n+]3ccccc3)CS[C@H]12.O=P([O-])(O)O. The number of carboxylic acids is 1. The van der Waals surface area contributed by atoms with Gasteiger partial charge in [0.05, 0.1) is 45.8 Å². The Morgan fingerprint density at radius 1 is 1.20 bits per heavy atom. The summed E-state index contributed by atoms with van der Waals surface area (Å²) in [5.74, 6) is -1.57. The van der Waals surface area contributed by atoms with Crippen molar-refractivity contribution in [1.29, 1.82) is 0 Å². The van der Waals surface area contributed by atoms with Crippen LogP contribution in [0.15, 0.2) is 59.4 Å². The normalized spacial score (nSPS) is 18.4. The molecule has 0 spiro atoms. The summed E-state index contributed by atoms with van der Waals surface area (Å²) in [6.45, 7) is 1.48. The van der Waals surface area contributed by atoms with Gasteiger partial charge < -0.3 is 39.5 Å². The van der Waals surface area contributed by atoms with Gasteiger partial charge in [0.2, 0.25) is 5.91 Å². The van der Waals surface area contributed by atoms with Crippen LogP contribution in [-0.2, 0) is 31.9 Å². The summed E-state index contributed by atoms with van der Waals surface area (Å²) in [5, 5.41) is 24.4. The van der Waals surface area contributed by atoms with Crippen molar-refractivity contribution in [3.8, 4) is 0 Å². The number of amides is 2. The lowest BCUT2D eigenvalue weighted by Crippen LogP contribution is -2.71. The lowest BCUT2D eigenvalue weighted by atomic mass is 10.0. The van der Waals surface area contributed by atoms with Crippen LogP contribution in [0.3, 0.4) is 0 Å². The van der Waals surface area contributed by atoms with Crippen LogP contribution in [0.2, 0.25) is 0 Å². The van der Waals surface area contributed by atoms with E-state index in [1.165, 1.54) is 28.0 Å². The number of nitrogens with zero attached hydrogens (tertiary/aromatic N) is 3. The molecule has 16 heteroatoms. The van der Waals surface area contributed by atoms with E-state index < -0.39 is 31.1 Å². The van der Waals surface area contributed by atoms with Crippen LogP contribution >= 0.6 is 30.9 Å². The van der Waals surface area contributed by atoms with Crippen LogP contribution in [0.25, 0.3) is 0 Å². The highest BCUT2D eigenvalue weighted by Crippen LogP contribution is 2.40. The first kappa shape index (κ1) is 33.6. The van der Waals surface area contributed by atoms with Crippen molar-refractivity contribution >= 4 is 48.7 Å². The number of pyridine rings is 1. The number of carboxylic acid groups (broad SMARTS) is 1. The van der Waals surface area contributed by atoms with Crippen LogP contribution in [0.5, 0.6) is 0 Å². The highest BCUT2D eigenvalue weighted by molar-refractivity contribution is 8.00. The third-order valence-electron chi connectivity index (χ3n) is 5.39. The van der Waals surface area contributed by atoms with Crippen molar-refractivity contribution in [3.63, 3.8) is 0 Å². The van der Waals surface area contributed by atoms with E-state index in [0.29, 0.717) is 17.9 Å². The first-order valence-electron chi connectivity index (χ1n) is 11.9. The molecule has 0 aromatic carbocycles. The molecular weight excluding hydrogens is 583 g/mol. The summed E-state index contributed by atoms with van der Waals surface area (Å²) < 4.78 is 11.5. The van der Waals surface area contributed by atoms with Gasteiger partial charge in [-0.1, -0.05) is 12.1 Å². The predicted octanol–water partition coefficient (Wildman–Crippen LogP) is -2.19. The number of thiophene rings is 1. The number of β-lactam (4-membered cyclic amide) rings is 1. The van der Waals surface area contributed by atoms with Crippen LogP contribution in [-0.4, -0.2) is 93.5 Å². The number of aliphatic hydroxyl groups excluding tert-OH is 1. The Morgan fingerprint density at radius 2 is 1.82 bits per heavy atom. The second kappa shape index (κ2) is 14.8. The van der Waals surface area contributed by atoms with E-state index in [1.807, 2.05) is 52.7 Å². The predicted molar refractivity (Wildman–Crippen MR) is 144 cm³/mol. The number of quaternary nitrogens is 1. The maximum atomic E-state index is 12.6. The number of nitrogens with one attached hydrogen (secondary N) is 1. The fourth-order valence-corrected chi connectivity index (χ4v) is 5.69. The first-order valence-corrected chi connectivity index (χ1v) is 15.4. The molecule has 4 rings (SSSR count). The van der Waals surface area contributed by atoms with Gasteiger partial charge >= 0.3 is 0 Å². The molecule has 13 nitrogen and oxygen atoms in total. The Bertz CT molecular complexity index is 1220. The number of aliphatic hydroxyl groups is 1. The van der Waals surface area contributed by atoms with E-state index in [-0.39, 0.29) is 24.6 Å². The van der Waals surface area contributed by atoms with Crippen molar-refractivity contribution in [2.45, 2.75) is 24.4 Å². The standard InChI is InChI=1S/C19H17N3O4S2.C5H14NO.H3O4P/c23-14(9-13-5-4-8-27-13)20-15-17(24)22-16(19(25)26)12(11-28-18(15)22)10-21-6-2-1-3-7-21;1-6(2,3)4-5-7;1-5(2,3)4/h1-8,15,18H,9-11H2,(H-,20,23,25,26);7H,4-5H2,1-3H3;(H3,1,2,3,4)/q;+1;/p-1/t15-,18-;;/m1../s1. The van der Waals surface area contributed by atoms with E-state index in [9.17, 15) is 19.5 Å². The van der Waals surface area contributed by atoms with Gasteiger partial charge in [0.1, 0.15) is 18.0 Å². The molecule has 2 aliphatic rings. The molecule has 0 aliphatic carbocycles. The minimum absolute atomic E-state index is 0.0751. The Balaban J connectivity index is 0.000000394. The molecule has 1 saturated heterocycles. The third kappa shape index (κ3) is 11.1. The van der Waals surface area contributed by atoms with E-state index in [0.717, 1.165) is 15.9 Å². The lowest BCUT2D eigenvalue weighted by Gasteiger charge is -2.50. The number of hydrogen-bond acceptors (Lipinski definition) is 9. The van der Waals surface area contributed by atoms with Gasteiger partial charge in [-0.15, -0.1) is 23.1 Å². The van der Waals surface area contributed by atoms with Gasteiger partial charge in [-0.3, -0.25) is 19.1 Å².